The van der Waals surface area contributed by atoms with Crippen molar-refractivity contribution in [1.82, 2.24) is 9.97 Å². The molecular weight excluding hydrogens is 225 g/mol. The maximum Gasteiger partial charge on any atom is 0.451 e. The molecule has 0 aromatic carbocycles. The molecule has 0 unspecified atom stereocenters. The summed E-state index contributed by atoms with van der Waals surface area (Å²) >= 11 is 0. The standard InChI is InChI=1S/C5H3F3N2.BrH/c6-5(7,8)4-9-2-1-3-10-4;/h1-3H;1H. The fraction of sp³-hybridized carbons (Fsp3) is 0.200. The maximum absolute atomic E-state index is 11.7. The van der Waals surface area contributed by atoms with Gasteiger partial charge in [0.1, 0.15) is 0 Å². The monoisotopic (exact) mass is 228 g/mol. The van der Waals surface area contributed by atoms with Gasteiger partial charge < -0.3 is 0 Å². The quantitative estimate of drug-likeness (QED) is 0.680. The van der Waals surface area contributed by atoms with Crippen molar-refractivity contribution >= 4 is 17.0 Å². The zero-order chi connectivity index (χ0) is 7.61. The minimum atomic E-state index is -4.43. The lowest BCUT2D eigenvalue weighted by Crippen LogP contribution is -2.09. The zero-order valence-electron chi connectivity index (χ0n) is 5.17. The van der Waals surface area contributed by atoms with E-state index in [1.54, 1.807) is 0 Å². The second-order valence-corrected chi connectivity index (χ2v) is 1.57. The molecule has 1 heterocycles. The Bertz CT molecular complexity index is 211. The van der Waals surface area contributed by atoms with Crippen molar-refractivity contribution in [2.75, 3.05) is 0 Å². The van der Waals surface area contributed by atoms with Gasteiger partial charge in [0, 0.05) is 12.4 Å². The Morgan fingerprint density at radius 2 is 1.55 bits per heavy atom. The SMILES string of the molecule is Br.FC(F)(F)c1ncccn1. The third-order valence-electron chi connectivity index (χ3n) is 0.819. The number of hydrogen-bond donors (Lipinski definition) is 0. The van der Waals surface area contributed by atoms with Gasteiger partial charge >= 0.3 is 6.18 Å². The first-order valence-electron chi connectivity index (χ1n) is 2.45. The van der Waals surface area contributed by atoms with Crippen LogP contribution in [0.4, 0.5) is 13.2 Å². The van der Waals surface area contributed by atoms with Crippen LogP contribution in [-0.2, 0) is 6.18 Å². The van der Waals surface area contributed by atoms with E-state index in [0.717, 1.165) is 12.4 Å². The maximum atomic E-state index is 11.7. The molecule has 0 atom stereocenters. The van der Waals surface area contributed by atoms with Crippen LogP contribution in [0.25, 0.3) is 0 Å². The first-order valence-corrected chi connectivity index (χ1v) is 2.45. The first kappa shape index (κ1) is 10.3. The van der Waals surface area contributed by atoms with Crippen molar-refractivity contribution in [1.29, 1.82) is 0 Å². The second kappa shape index (κ2) is 3.66. The fourth-order valence-electron chi connectivity index (χ4n) is 0.445. The van der Waals surface area contributed by atoms with Gasteiger partial charge in [-0.25, -0.2) is 9.97 Å². The van der Waals surface area contributed by atoms with E-state index in [9.17, 15) is 13.2 Å². The highest BCUT2D eigenvalue weighted by molar-refractivity contribution is 8.93. The Hall–Kier alpha value is -0.650. The van der Waals surface area contributed by atoms with Gasteiger partial charge in [0.05, 0.1) is 0 Å². The van der Waals surface area contributed by atoms with E-state index in [1.807, 2.05) is 0 Å². The molecule has 6 heteroatoms. The van der Waals surface area contributed by atoms with Gasteiger partial charge in [0.2, 0.25) is 5.82 Å². The highest BCUT2D eigenvalue weighted by Gasteiger charge is 2.33. The summed E-state index contributed by atoms with van der Waals surface area (Å²) in [5, 5.41) is 0. The summed E-state index contributed by atoms with van der Waals surface area (Å²) in [7, 11) is 0. The number of nitrogens with zero attached hydrogens (tertiary/aromatic N) is 2. The van der Waals surface area contributed by atoms with E-state index in [1.165, 1.54) is 6.07 Å². The van der Waals surface area contributed by atoms with Crippen LogP contribution in [0.3, 0.4) is 0 Å². The average Bonchev–Trinajstić information content (AvgIpc) is 1.88. The predicted octanol–water partition coefficient (Wildman–Crippen LogP) is 2.07. The summed E-state index contributed by atoms with van der Waals surface area (Å²) < 4.78 is 35.0. The molecule has 0 spiro atoms. The van der Waals surface area contributed by atoms with Crippen LogP contribution in [0.1, 0.15) is 5.82 Å². The molecule has 0 bridgehead atoms. The van der Waals surface area contributed by atoms with Gasteiger partial charge in [-0.15, -0.1) is 17.0 Å². The summed E-state index contributed by atoms with van der Waals surface area (Å²) in [6.07, 6.45) is -2.33. The minimum Gasteiger partial charge on any atom is -0.233 e. The molecule has 11 heavy (non-hydrogen) atoms. The van der Waals surface area contributed by atoms with Crippen LogP contribution in [0.2, 0.25) is 0 Å². The van der Waals surface area contributed by atoms with Gasteiger partial charge in [0.25, 0.3) is 0 Å². The van der Waals surface area contributed by atoms with E-state index in [0.29, 0.717) is 0 Å². The largest absolute Gasteiger partial charge is 0.451 e. The molecule has 1 aromatic rings. The lowest BCUT2D eigenvalue weighted by atomic mass is 10.5. The Morgan fingerprint density at radius 3 is 1.82 bits per heavy atom. The third kappa shape index (κ3) is 2.83. The molecule has 0 aliphatic carbocycles. The van der Waals surface area contributed by atoms with E-state index in [4.69, 9.17) is 0 Å². The number of alkyl halides is 3. The zero-order valence-corrected chi connectivity index (χ0v) is 6.88. The molecule has 0 N–H and O–H groups in total. The van der Waals surface area contributed by atoms with E-state index >= 15 is 0 Å². The lowest BCUT2D eigenvalue weighted by Gasteiger charge is -2.01. The van der Waals surface area contributed by atoms with Gasteiger partial charge in [0.15, 0.2) is 0 Å². The molecule has 0 radical (unpaired) electrons. The number of hydrogen-bond acceptors (Lipinski definition) is 2. The van der Waals surface area contributed by atoms with Crippen molar-refractivity contribution in [3.8, 4) is 0 Å². The minimum absolute atomic E-state index is 0. The second-order valence-electron chi connectivity index (χ2n) is 1.57. The predicted molar refractivity (Wildman–Crippen MR) is 37.4 cm³/mol. The smallest absolute Gasteiger partial charge is 0.233 e. The van der Waals surface area contributed by atoms with Crippen LogP contribution in [0.5, 0.6) is 0 Å². The molecule has 0 amide bonds. The lowest BCUT2D eigenvalue weighted by molar-refractivity contribution is -0.145. The van der Waals surface area contributed by atoms with Crippen molar-refractivity contribution in [3.05, 3.63) is 24.3 Å². The van der Waals surface area contributed by atoms with Crippen LogP contribution in [-0.4, -0.2) is 9.97 Å². The molecule has 0 fully saturated rings. The molecule has 0 saturated heterocycles. The van der Waals surface area contributed by atoms with Crippen LogP contribution < -0.4 is 0 Å². The van der Waals surface area contributed by atoms with Crippen LogP contribution >= 0.6 is 17.0 Å². The Morgan fingerprint density at radius 1 is 1.09 bits per heavy atom. The summed E-state index contributed by atoms with van der Waals surface area (Å²) in [5.74, 6) is -1.10. The molecule has 2 nitrogen and oxygen atoms in total. The van der Waals surface area contributed by atoms with Crippen molar-refractivity contribution in [2.45, 2.75) is 6.18 Å². The van der Waals surface area contributed by atoms with Crippen LogP contribution in [0.15, 0.2) is 18.5 Å². The number of rotatable bonds is 0. The third-order valence-corrected chi connectivity index (χ3v) is 0.819. The first-order chi connectivity index (χ1) is 4.61. The molecule has 62 valence electrons. The van der Waals surface area contributed by atoms with E-state index < -0.39 is 12.0 Å². The summed E-state index contributed by atoms with van der Waals surface area (Å²) in [5.41, 5.74) is 0. The molecular formula is C5H4BrF3N2. The Labute approximate surface area is 71.2 Å². The van der Waals surface area contributed by atoms with Crippen LogP contribution in [0, 0.1) is 0 Å². The normalized spacial score (nSPS) is 10.5. The summed E-state index contributed by atoms with van der Waals surface area (Å²) in [4.78, 5) is 6.03. The van der Waals surface area contributed by atoms with Crippen molar-refractivity contribution in [2.24, 2.45) is 0 Å². The van der Waals surface area contributed by atoms with E-state index in [2.05, 4.69) is 9.97 Å². The highest BCUT2D eigenvalue weighted by atomic mass is 79.9. The van der Waals surface area contributed by atoms with Gasteiger partial charge in [-0.3, -0.25) is 0 Å². The Kier molecular flexibility index (Phi) is 3.44. The number of aromatic nitrogens is 2. The Balaban J connectivity index is 0.000001000. The molecule has 0 aliphatic rings. The van der Waals surface area contributed by atoms with Gasteiger partial charge in [-0.1, -0.05) is 0 Å². The topological polar surface area (TPSA) is 25.8 Å². The number of halogens is 4. The van der Waals surface area contributed by atoms with Gasteiger partial charge in [-0.2, -0.15) is 13.2 Å². The van der Waals surface area contributed by atoms with E-state index in [-0.39, 0.29) is 17.0 Å². The average molecular weight is 229 g/mol. The molecule has 0 aliphatic heterocycles. The fourth-order valence-corrected chi connectivity index (χ4v) is 0.445. The highest BCUT2D eigenvalue weighted by Crippen LogP contribution is 2.24. The van der Waals surface area contributed by atoms with Crippen molar-refractivity contribution in [3.63, 3.8) is 0 Å². The molecule has 1 aromatic heterocycles. The molecule has 0 saturated carbocycles. The van der Waals surface area contributed by atoms with Gasteiger partial charge in [-0.05, 0) is 6.07 Å². The molecule has 1 rings (SSSR count). The van der Waals surface area contributed by atoms with Crippen molar-refractivity contribution < 1.29 is 13.2 Å². The summed E-state index contributed by atoms with van der Waals surface area (Å²) in [6, 6.07) is 1.33. The summed E-state index contributed by atoms with van der Waals surface area (Å²) in [6.45, 7) is 0.